The minimum atomic E-state index is 0.757. The van der Waals surface area contributed by atoms with Crippen molar-refractivity contribution in [3.63, 3.8) is 0 Å². The van der Waals surface area contributed by atoms with Crippen molar-refractivity contribution in [1.29, 1.82) is 0 Å². The fourth-order valence-corrected chi connectivity index (χ4v) is 3.64. The van der Waals surface area contributed by atoms with Crippen LogP contribution in [0.4, 0.5) is 0 Å². The van der Waals surface area contributed by atoms with Crippen molar-refractivity contribution in [2.24, 2.45) is 5.10 Å². The van der Waals surface area contributed by atoms with Gasteiger partial charge in [0.25, 0.3) is 0 Å². The molecule has 0 spiro atoms. The minimum Gasteiger partial charge on any atom is -0.328 e. The molecule has 4 heteroatoms. The maximum Gasteiger partial charge on any atom is 0.104 e. The molecular weight excluding hydrogens is 342 g/mol. The Morgan fingerprint density at radius 3 is 2.46 bits per heavy atom. The van der Waals surface area contributed by atoms with Gasteiger partial charge in [0.15, 0.2) is 0 Å². The smallest absolute Gasteiger partial charge is 0.104 e. The van der Waals surface area contributed by atoms with Crippen molar-refractivity contribution in [2.75, 3.05) is 26.2 Å². The number of quaternary nitrogens is 1. The van der Waals surface area contributed by atoms with E-state index in [9.17, 15) is 0 Å². The van der Waals surface area contributed by atoms with E-state index in [0.29, 0.717) is 0 Å². The molecule has 1 saturated heterocycles. The number of piperazine rings is 1. The van der Waals surface area contributed by atoms with Gasteiger partial charge in [0, 0.05) is 10.6 Å². The fourth-order valence-electron chi connectivity index (χ4n) is 3.52. The summed E-state index contributed by atoms with van der Waals surface area (Å²) in [6.45, 7) is 5.28. The Morgan fingerprint density at radius 2 is 1.65 bits per heavy atom. The highest BCUT2D eigenvalue weighted by molar-refractivity contribution is 6.30. The minimum absolute atomic E-state index is 0.757. The van der Waals surface area contributed by atoms with Crippen LogP contribution in [0.15, 0.2) is 71.8 Å². The number of hydrogen-bond donors (Lipinski definition) is 1. The Hall–Kier alpha value is -2.36. The van der Waals surface area contributed by atoms with Crippen molar-refractivity contribution in [1.82, 2.24) is 5.01 Å². The predicted molar refractivity (Wildman–Crippen MR) is 109 cm³/mol. The van der Waals surface area contributed by atoms with Gasteiger partial charge in [-0.15, -0.1) is 0 Å². The van der Waals surface area contributed by atoms with Crippen LogP contribution in [0.2, 0.25) is 5.02 Å². The van der Waals surface area contributed by atoms with Gasteiger partial charge in [0.1, 0.15) is 6.54 Å². The van der Waals surface area contributed by atoms with E-state index in [2.05, 4.69) is 52.6 Å². The first-order valence-corrected chi connectivity index (χ1v) is 9.50. The molecular formula is C22H23ClN3+. The van der Waals surface area contributed by atoms with Gasteiger partial charge in [-0.25, -0.2) is 0 Å². The highest BCUT2D eigenvalue weighted by Crippen LogP contribution is 2.17. The van der Waals surface area contributed by atoms with Crippen LogP contribution in [0.25, 0.3) is 10.8 Å². The summed E-state index contributed by atoms with van der Waals surface area (Å²) in [4.78, 5) is 1.62. The van der Waals surface area contributed by atoms with Crippen LogP contribution >= 0.6 is 11.6 Å². The standard InChI is InChI=1S/C22H22ClN3/c23-21-10-8-18(9-11-21)16-24-26-14-12-25(13-15-26)17-20-6-3-5-19-4-1-2-7-22(19)20/h1-11,16H,12-15,17H2/p+1. The molecule has 1 N–H and O–H groups in total. The van der Waals surface area contributed by atoms with Crippen LogP contribution in [-0.2, 0) is 6.54 Å². The maximum absolute atomic E-state index is 5.92. The van der Waals surface area contributed by atoms with Gasteiger partial charge >= 0.3 is 0 Å². The molecule has 1 aliphatic heterocycles. The Bertz CT molecular complexity index is 891. The zero-order valence-corrected chi connectivity index (χ0v) is 15.5. The maximum atomic E-state index is 5.92. The van der Waals surface area contributed by atoms with Gasteiger partial charge in [0.2, 0.25) is 0 Å². The summed E-state index contributed by atoms with van der Waals surface area (Å²) in [5.74, 6) is 0. The van der Waals surface area contributed by atoms with Crippen molar-refractivity contribution in [3.05, 3.63) is 82.9 Å². The number of fused-ring (bicyclic) bond motifs is 1. The SMILES string of the molecule is Clc1ccc(C=NN2CC[NH+](Cc3cccc4ccccc34)CC2)cc1. The molecule has 3 aromatic rings. The van der Waals surface area contributed by atoms with E-state index in [1.54, 1.807) is 4.90 Å². The van der Waals surface area contributed by atoms with Crippen LogP contribution in [0.1, 0.15) is 11.1 Å². The zero-order valence-electron chi connectivity index (χ0n) is 14.7. The number of hydrogen-bond acceptors (Lipinski definition) is 2. The molecule has 0 unspecified atom stereocenters. The predicted octanol–water partition coefficient (Wildman–Crippen LogP) is 3.23. The summed E-state index contributed by atoms with van der Waals surface area (Å²) in [6.07, 6.45) is 1.92. The number of nitrogens with zero attached hydrogens (tertiary/aromatic N) is 2. The van der Waals surface area contributed by atoms with E-state index in [0.717, 1.165) is 43.3 Å². The highest BCUT2D eigenvalue weighted by Gasteiger charge is 2.19. The first-order valence-electron chi connectivity index (χ1n) is 9.13. The zero-order chi connectivity index (χ0) is 17.8. The third-order valence-corrected chi connectivity index (χ3v) is 5.26. The van der Waals surface area contributed by atoms with E-state index in [4.69, 9.17) is 11.6 Å². The molecule has 26 heavy (non-hydrogen) atoms. The second-order valence-electron chi connectivity index (χ2n) is 6.81. The van der Waals surface area contributed by atoms with Gasteiger partial charge < -0.3 is 4.90 Å². The van der Waals surface area contributed by atoms with Gasteiger partial charge in [-0.2, -0.15) is 5.10 Å². The summed E-state index contributed by atoms with van der Waals surface area (Å²) < 4.78 is 0. The molecule has 3 aromatic carbocycles. The van der Waals surface area contributed by atoms with Crippen molar-refractivity contribution in [2.45, 2.75) is 6.54 Å². The van der Waals surface area contributed by atoms with E-state index >= 15 is 0 Å². The molecule has 0 saturated carbocycles. The van der Waals surface area contributed by atoms with Gasteiger partial charge in [0.05, 0.1) is 32.4 Å². The Morgan fingerprint density at radius 1 is 0.923 bits per heavy atom. The van der Waals surface area contributed by atoms with E-state index < -0.39 is 0 Å². The van der Waals surface area contributed by atoms with E-state index in [1.807, 2.05) is 30.5 Å². The number of benzene rings is 3. The Balaban J connectivity index is 1.35. The van der Waals surface area contributed by atoms with Crippen LogP contribution in [0.5, 0.6) is 0 Å². The molecule has 1 heterocycles. The normalized spacial score (nSPS) is 15.8. The number of halogens is 1. The topological polar surface area (TPSA) is 20.0 Å². The van der Waals surface area contributed by atoms with E-state index in [-0.39, 0.29) is 0 Å². The quantitative estimate of drug-likeness (QED) is 0.705. The molecule has 0 amide bonds. The summed E-state index contributed by atoms with van der Waals surface area (Å²) in [5.41, 5.74) is 2.52. The molecule has 4 rings (SSSR count). The van der Waals surface area contributed by atoms with Crippen LogP contribution in [0.3, 0.4) is 0 Å². The second kappa shape index (κ2) is 7.90. The second-order valence-corrected chi connectivity index (χ2v) is 7.25. The Labute approximate surface area is 159 Å². The van der Waals surface area contributed by atoms with Gasteiger partial charge in [-0.3, -0.25) is 5.01 Å². The lowest BCUT2D eigenvalue weighted by Gasteiger charge is -2.30. The molecule has 0 bridgehead atoms. The molecule has 3 nitrogen and oxygen atoms in total. The first kappa shape index (κ1) is 17.1. The lowest BCUT2D eigenvalue weighted by molar-refractivity contribution is -0.918. The van der Waals surface area contributed by atoms with Crippen molar-refractivity contribution >= 4 is 28.6 Å². The molecule has 132 valence electrons. The largest absolute Gasteiger partial charge is 0.328 e. The molecule has 1 aliphatic rings. The van der Waals surface area contributed by atoms with Gasteiger partial charge in [-0.1, -0.05) is 66.2 Å². The van der Waals surface area contributed by atoms with Crippen LogP contribution in [0, 0.1) is 0 Å². The molecule has 0 aromatic heterocycles. The van der Waals surface area contributed by atoms with E-state index in [1.165, 1.54) is 16.3 Å². The molecule has 0 radical (unpaired) electrons. The number of rotatable bonds is 4. The summed E-state index contributed by atoms with van der Waals surface area (Å²) in [6, 6.07) is 23.1. The van der Waals surface area contributed by atoms with Crippen molar-refractivity contribution in [3.8, 4) is 0 Å². The molecule has 0 atom stereocenters. The summed E-state index contributed by atoms with van der Waals surface area (Å²) in [7, 11) is 0. The average Bonchev–Trinajstić information content (AvgIpc) is 2.69. The monoisotopic (exact) mass is 364 g/mol. The lowest BCUT2D eigenvalue weighted by atomic mass is 10.0. The number of nitrogens with one attached hydrogen (secondary N) is 1. The van der Waals surface area contributed by atoms with Crippen molar-refractivity contribution < 1.29 is 4.90 Å². The van der Waals surface area contributed by atoms with Gasteiger partial charge in [-0.05, 0) is 28.5 Å². The third-order valence-electron chi connectivity index (χ3n) is 5.01. The van der Waals surface area contributed by atoms with Crippen LogP contribution < -0.4 is 4.90 Å². The lowest BCUT2D eigenvalue weighted by Crippen LogP contribution is -3.13. The van der Waals surface area contributed by atoms with Crippen LogP contribution in [-0.4, -0.2) is 37.4 Å². The fraction of sp³-hybridized carbons (Fsp3) is 0.227. The number of hydrazone groups is 1. The molecule has 1 fully saturated rings. The Kier molecular flexibility index (Phi) is 5.19. The first-order chi connectivity index (χ1) is 12.8. The highest BCUT2D eigenvalue weighted by atomic mass is 35.5. The summed E-state index contributed by atoms with van der Waals surface area (Å²) in [5, 5.41) is 10.3. The molecule has 0 aliphatic carbocycles. The average molecular weight is 365 g/mol. The third kappa shape index (κ3) is 4.06. The summed E-state index contributed by atoms with van der Waals surface area (Å²) >= 11 is 5.92.